The van der Waals surface area contributed by atoms with E-state index in [9.17, 15) is 29.8 Å². The lowest BCUT2D eigenvalue weighted by Crippen LogP contribution is -2.13. The Labute approximate surface area is 218 Å². The Bertz CT molecular complexity index is 1100. The molecule has 3 rings (SSSR count). The number of benzene rings is 2. The summed E-state index contributed by atoms with van der Waals surface area (Å²) in [5.74, 6) is -2.31. The molecule has 186 valence electrons. The Kier molecular flexibility index (Phi) is 8.42. The number of nitro groups is 2. The maximum absolute atomic E-state index is 12.1. The van der Waals surface area contributed by atoms with Crippen molar-refractivity contribution in [2.24, 2.45) is 11.8 Å². The van der Waals surface area contributed by atoms with Crippen molar-refractivity contribution in [3.8, 4) is 0 Å². The van der Waals surface area contributed by atoms with Gasteiger partial charge in [0.25, 0.3) is 11.4 Å². The molecule has 2 aromatic carbocycles. The fourth-order valence-corrected chi connectivity index (χ4v) is 4.44. The third-order valence-corrected chi connectivity index (χ3v) is 7.08. The molecule has 10 nitrogen and oxygen atoms in total. The van der Waals surface area contributed by atoms with Crippen LogP contribution in [0.2, 0.25) is 10.0 Å². The first kappa shape index (κ1) is 26.9. The van der Waals surface area contributed by atoms with Crippen molar-refractivity contribution in [1.82, 2.24) is 0 Å². The minimum atomic E-state index is -1.28. The highest BCUT2D eigenvalue weighted by atomic mass is 35.5. The van der Waals surface area contributed by atoms with E-state index in [2.05, 4.69) is 0 Å². The van der Waals surface area contributed by atoms with E-state index in [0.717, 1.165) is 0 Å². The van der Waals surface area contributed by atoms with Gasteiger partial charge in [-0.05, 0) is 23.3 Å². The highest BCUT2D eigenvalue weighted by Gasteiger charge is 2.64. The average molecular weight is 566 g/mol. The summed E-state index contributed by atoms with van der Waals surface area (Å²) in [5.41, 5.74) is 0.0419. The molecule has 35 heavy (non-hydrogen) atoms. The number of hydrogen-bond acceptors (Lipinski definition) is 8. The van der Waals surface area contributed by atoms with Crippen molar-refractivity contribution in [3.63, 3.8) is 0 Å². The van der Waals surface area contributed by atoms with E-state index in [1.807, 2.05) is 0 Å². The zero-order valence-corrected chi connectivity index (χ0v) is 20.6. The first-order valence-electron chi connectivity index (χ1n) is 9.94. The van der Waals surface area contributed by atoms with Crippen LogP contribution in [0.4, 0.5) is 11.4 Å². The van der Waals surface area contributed by atoms with Crippen molar-refractivity contribution in [1.29, 1.82) is 0 Å². The second kappa shape index (κ2) is 10.9. The molecule has 14 heteroatoms. The van der Waals surface area contributed by atoms with E-state index < -0.39 is 38.0 Å². The predicted octanol–water partition coefficient (Wildman–Crippen LogP) is 5.10. The monoisotopic (exact) mass is 564 g/mol. The molecule has 0 unspecified atom stereocenters. The number of halogens is 4. The number of nitrogens with zero attached hydrogens (tertiary/aromatic N) is 2. The molecule has 0 spiro atoms. The highest BCUT2D eigenvalue weighted by molar-refractivity contribution is 6.51. The number of ether oxygens (including phenoxy) is 2. The maximum atomic E-state index is 12.1. The third-order valence-electron chi connectivity index (χ3n) is 5.32. The van der Waals surface area contributed by atoms with Crippen LogP contribution in [0.5, 0.6) is 0 Å². The molecule has 0 aliphatic heterocycles. The van der Waals surface area contributed by atoms with Crippen molar-refractivity contribution in [2.45, 2.75) is 17.2 Å². The quantitative estimate of drug-likeness (QED) is 0.168. The summed E-state index contributed by atoms with van der Waals surface area (Å²) < 4.78 is 9.10. The minimum Gasteiger partial charge on any atom is -0.465 e. The van der Waals surface area contributed by atoms with Gasteiger partial charge in [0, 0.05) is 24.0 Å². The van der Waals surface area contributed by atoms with Gasteiger partial charge in [0.1, 0.15) is 14.4 Å². The molecule has 0 radical (unpaired) electrons. The summed E-state index contributed by atoms with van der Waals surface area (Å²) >= 11 is 23.9. The molecule has 0 amide bonds. The van der Waals surface area contributed by atoms with Crippen LogP contribution in [0.15, 0.2) is 36.4 Å². The smallest absolute Gasteiger partial charge is 0.310 e. The van der Waals surface area contributed by atoms with E-state index in [1.165, 1.54) is 36.4 Å². The lowest BCUT2D eigenvalue weighted by atomic mass is 10.1. The van der Waals surface area contributed by atoms with E-state index in [0.29, 0.717) is 11.1 Å². The average Bonchev–Trinajstić information content (AvgIpc) is 3.31. The Morgan fingerprint density at radius 3 is 1.51 bits per heavy atom. The van der Waals surface area contributed by atoms with Crippen LogP contribution in [-0.4, -0.2) is 39.3 Å². The number of hydrogen-bond donors (Lipinski definition) is 0. The number of rotatable bonds is 10. The summed E-state index contributed by atoms with van der Waals surface area (Å²) in [6.07, 6.45) is -0.454. The summed E-state index contributed by atoms with van der Waals surface area (Å²) in [6.45, 7) is -0.291. The van der Waals surface area contributed by atoms with E-state index in [-0.39, 0.29) is 47.5 Å². The highest BCUT2D eigenvalue weighted by Crippen LogP contribution is 2.59. The second-order valence-electron chi connectivity index (χ2n) is 7.69. The van der Waals surface area contributed by atoms with Crippen LogP contribution in [-0.2, 0) is 31.9 Å². The van der Waals surface area contributed by atoms with E-state index >= 15 is 0 Å². The van der Waals surface area contributed by atoms with Gasteiger partial charge in [0.05, 0.1) is 35.9 Å². The molecular formula is C21H16Cl4N2O8. The zero-order chi connectivity index (χ0) is 25.9. The molecule has 1 fully saturated rings. The van der Waals surface area contributed by atoms with Gasteiger partial charge in [-0.2, -0.15) is 0 Å². The van der Waals surface area contributed by atoms with Gasteiger partial charge >= 0.3 is 11.9 Å². The first-order valence-corrected chi connectivity index (χ1v) is 11.5. The number of nitro benzene ring substituents is 2. The van der Waals surface area contributed by atoms with Crippen molar-refractivity contribution in [3.05, 3.63) is 77.8 Å². The van der Waals surface area contributed by atoms with Gasteiger partial charge < -0.3 is 9.47 Å². The number of esters is 2. The molecule has 0 heterocycles. The Hall–Kier alpha value is -2.66. The van der Waals surface area contributed by atoms with Gasteiger partial charge in [-0.15, -0.1) is 23.2 Å². The van der Waals surface area contributed by atoms with Crippen LogP contribution >= 0.6 is 46.4 Å². The summed E-state index contributed by atoms with van der Waals surface area (Å²) in [5, 5.41) is 21.8. The molecule has 2 aromatic rings. The molecule has 0 saturated heterocycles. The van der Waals surface area contributed by atoms with Gasteiger partial charge in [-0.25, -0.2) is 0 Å². The van der Waals surface area contributed by atoms with Crippen LogP contribution in [0.3, 0.4) is 0 Å². The van der Waals surface area contributed by atoms with Crippen LogP contribution in [0, 0.1) is 32.1 Å². The van der Waals surface area contributed by atoms with Gasteiger partial charge in [0.2, 0.25) is 0 Å². The molecule has 1 aliphatic carbocycles. The fourth-order valence-electron chi connectivity index (χ4n) is 3.33. The normalized spacial score (nSPS) is 17.9. The Balaban J connectivity index is 1.47. The van der Waals surface area contributed by atoms with Crippen LogP contribution in [0.25, 0.3) is 0 Å². The topological polar surface area (TPSA) is 139 Å². The van der Waals surface area contributed by atoms with Crippen molar-refractivity contribution >= 4 is 69.7 Å². The van der Waals surface area contributed by atoms with E-state index in [1.54, 1.807) is 0 Å². The Morgan fingerprint density at radius 2 is 1.17 bits per heavy atom. The molecule has 1 saturated carbocycles. The molecule has 2 atom stereocenters. The second-order valence-corrected chi connectivity index (χ2v) is 9.95. The standard InChI is InChI=1S/C21H16Cl4N2O8/c22-15-3-1-11(5-17(15)26(30)31)7-19(28)34-9-13-14(21(13,24)25)10-35-20(29)8-12-2-4-16(23)18(6-12)27(32)33/h1-6,13-14H,7-10H2/t13-,14+. The van der Waals surface area contributed by atoms with Crippen LogP contribution < -0.4 is 0 Å². The lowest BCUT2D eigenvalue weighted by Gasteiger charge is -2.06. The SMILES string of the molecule is O=C(Cc1ccc(Cl)c([N+](=O)[O-])c1)OC[C@@H]1[C@H](COC(=O)Cc2ccc(Cl)c([N+](=O)[O-])c2)C1(Cl)Cl. The van der Waals surface area contributed by atoms with Crippen molar-refractivity contribution in [2.75, 3.05) is 13.2 Å². The predicted molar refractivity (Wildman–Crippen MR) is 127 cm³/mol. The van der Waals surface area contributed by atoms with Gasteiger partial charge in [-0.1, -0.05) is 35.3 Å². The van der Waals surface area contributed by atoms with Gasteiger partial charge in [-0.3, -0.25) is 29.8 Å². The molecule has 0 aromatic heterocycles. The number of carbonyl (C=O) groups excluding carboxylic acids is 2. The summed E-state index contributed by atoms with van der Waals surface area (Å²) in [7, 11) is 0. The molecular weight excluding hydrogens is 550 g/mol. The van der Waals surface area contributed by atoms with Gasteiger partial charge in [0.15, 0.2) is 0 Å². The lowest BCUT2D eigenvalue weighted by molar-refractivity contribution is -0.384. The number of carbonyl (C=O) groups is 2. The Morgan fingerprint density at radius 1 is 0.800 bits per heavy atom. The fraction of sp³-hybridized carbons (Fsp3) is 0.333. The summed E-state index contributed by atoms with van der Waals surface area (Å²) in [6, 6.07) is 7.95. The maximum Gasteiger partial charge on any atom is 0.310 e. The first-order chi connectivity index (χ1) is 16.4. The largest absolute Gasteiger partial charge is 0.465 e. The summed E-state index contributed by atoms with van der Waals surface area (Å²) in [4.78, 5) is 44.9. The van der Waals surface area contributed by atoms with Crippen molar-refractivity contribution < 1.29 is 28.9 Å². The van der Waals surface area contributed by atoms with Crippen LogP contribution in [0.1, 0.15) is 11.1 Å². The number of alkyl halides is 2. The zero-order valence-electron chi connectivity index (χ0n) is 17.6. The van der Waals surface area contributed by atoms with E-state index in [4.69, 9.17) is 55.9 Å². The molecule has 0 bridgehead atoms. The third kappa shape index (κ3) is 6.72. The molecule has 0 N–H and O–H groups in total. The minimum absolute atomic E-state index is 0.0502. The molecule has 1 aliphatic rings.